The molecule has 0 bridgehead atoms. The van der Waals surface area contributed by atoms with Crippen molar-refractivity contribution in [3.63, 3.8) is 0 Å². The molecule has 0 saturated carbocycles. The molecule has 3 nitrogen and oxygen atoms in total. The molecule has 0 unspecified atom stereocenters. The Balaban J connectivity index is 2.48. The number of hydrogen-bond acceptors (Lipinski definition) is 2. The van der Waals surface area contributed by atoms with Crippen LogP contribution >= 0.6 is 15.9 Å². The zero-order chi connectivity index (χ0) is 13.1. The van der Waals surface area contributed by atoms with Crippen LogP contribution in [0.15, 0.2) is 53.0 Å². The predicted octanol–water partition coefficient (Wildman–Crippen LogP) is 3.38. The Kier molecular flexibility index (Phi) is 3.58. The van der Waals surface area contributed by atoms with Crippen LogP contribution in [0.3, 0.4) is 0 Å². The normalized spacial score (nSPS) is 10.1. The van der Waals surface area contributed by atoms with Gasteiger partial charge in [-0.2, -0.15) is 0 Å². The van der Waals surface area contributed by atoms with E-state index in [-0.39, 0.29) is 11.3 Å². The van der Waals surface area contributed by atoms with Gasteiger partial charge in [-0.05, 0) is 18.2 Å². The minimum Gasteiger partial charge on any atom is -0.478 e. The van der Waals surface area contributed by atoms with Gasteiger partial charge in [-0.1, -0.05) is 46.3 Å². The van der Waals surface area contributed by atoms with Crippen LogP contribution in [0.2, 0.25) is 0 Å². The Morgan fingerprint density at radius 1 is 0.944 bits per heavy atom. The highest BCUT2D eigenvalue weighted by Crippen LogP contribution is 2.21. The lowest BCUT2D eigenvalue weighted by Crippen LogP contribution is -2.05. The largest absolute Gasteiger partial charge is 0.478 e. The van der Waals surface area contributed by atoms with Crippen molar-refractivity contribution in [3.8, 4) is 0 Å². The summed E-state index contributed by atoms with van der Waals surface area (Å²) >= 11 is 3.26. The second-order valence-electron chi connectivity index (χ2n) is 3.69. The van der Waals surface area contributed by atoms with Crippen molar-refractivity contribution < 1.29 is 14.7 Å². The first kappa shape index (κ1) is 12.5. The molecule has 0 heterocycles. The molecule has 0 amide bonds. The van der Waals surface area contributed by atoms with E-state index in [1.165, 1.54) is 12.1 Å². The first-order chi connectivity index (χ1) is 8.59. The number of carbonyl (C=O) groups excluding carboxylic acids is 1. The van der Waals surface area contributed by atoms with Crippen molar-refractivity contribution in [1.29, 1.82) is 0 Å². The minimum absolute atomic E-state index is 0.0949. The summed E-state index contributed by atoms with van der Waals surface area (Å²) in [7, 11) is 0. The molecule has 0 aliphatic carbocycles. The second kappa shape index (κ2) is 5.14. The molecule has 0 aliphatic rings. The molecule has 0 aliphatic heterocycles. The van der Waals surface area contributed by atoms with Gasteiger partial charge in [0.1, 0.15) is 0 Å². The standard InChI is InChI=1S/C14H9BrO3/c15-12-7-6-10(14(17)18)8-11(12)13(16)9-4-2-1-3-5-9/h1-8H,(H,17,18). The Morgan fingerprint density at radius 3 is 2.22 bits per heavy atom. The highest BCUT2D eigenvalue weighted by molar-refractivity contribution is 9.10. The number of hydrogen-bond donors (Lipinski definition) is 1. The van der Waals surface area contributed by atoms with Gasteiger partial charge in [0.15, 0.2) is 5.78 Å². The van der Waals surface area contributed by atoms with Gasteiger partial charge >= 0.3 is 5.97 Å². The van der Waals surface area contributed by atoms with E-state index >= 15 is 0 Å². The molecule has 0 spiro atoms. The van der Waals surface area contributed by atoms with Crippen molar-refractivity contribution in [3.05, 3.63) is 69.7 Å². The van der Waals surface area contributed by atoms with Gasteiger partial charge in [-0.3, -0.25) is 4.79 Å². The zero-order valence-corrected chi connectivity index (χ0v) is 10.8. The lowest BCUT2D eigenvalue weighted by Gasteiger charge is -2.05. The second-order valence-corrected chi connectivity index (χ2v) is 4.55. The van der Waals surface area contributed by atoms with Gasteiger partial charge in [0.2, 0.25) is 0 Å². The molecule has 1 N–H and O–H groups in total. The average molecular weight is 305 g/mol. The van der Waals surface area contributed by atoms with E-state index in [4.69, 9.17) is 5.11 Å². The fourth-order valence-electron chi connectivity index (χ4n) is 1.58. The summed E-state index contributed by atoms with van der Waals surface area (Å²) in [5, 5.41) is 8.93. The molecule has 0 radical (unpaired) electrons. The van der Waals surface area contributed by atoms with E-state index in [1.807, 2.05) is 6.07 Å². The lowest BCUT2D eigenvalue weighted by atomic mass is 10.0. The monoisotopic (exact) mass is 304 g/mol. The van der Waals surface area contributed by atoms with Crippen molar-refractivity contribution in [2.24, 2.45) is 0 Å². The number of halogens is 1. The minimum atomic E-state index is -1.05. The van der Waals surface area contributed by atoms with Crippen LogP contribution in [0, 0.1) is 0 Å². The van der Waals surface area contributed by atoms with Gasteiger partial charge in [0, 0.05) is 15.6 Å². The zero-order valence-electron chi connectivity index (χ0n) is 9.26. The van der Waals surface area contributed by atoms with Crippen molar-refractivity contribution >= 4 is 27.7 Å². The first-order valence-electron chi connectivity index (χ1n) is 5.22. The maximum Gasteiger partial charge on any atom is 0.335 e. The highest BCUT2D eigenvalue weighted by Gasteiger charge is 2.14. The van der Waals surface area contributed by atoms with Crippen molar-refractivity contribution in [2.75, 3.05) is 0 Å². The average Bonchev–Trinajstić information content (AvgIpc) is 2.39. The van der Waals surface area contributed by atoms with Gasteiger partial charge in [0.05, 0.1) is 5.56 Å². The third kappa shape index (κ3) is 2.49. The number of rotatable bonds is 3. The summed E-state index contributed by atoms with van der Waals surface area (Å²) in [5.74, 6) is -1.25. The smallest absolute Gasteiger partial charge is 0.335 e. The molecule has 0 saturated heterocycles. The van der Waals surface area contributed by atoms with E-state index in [9.17, 15) is 9.59 Å². The van der Waals surface area contributed by atoms with Crippen molar-refractivity contribution in [2.45, 2.75) is 0 Å². The fraction of sp³-hybridized carbons (Fsp3) is 0. The Bertz CT molecular complexity index is 606. The molecule has 4 heteroatoms. The van der Waals surface area contributed by atoms with E-state index in [1.54, 1.807) is 30.3 Å². The third-order valence-electron chi connectivity index (χ3n) is 2.49. The van der Waals surface area contributed by atoms with Gasteiger partial charge < -0.3 is 5.11 Å². The molecule has 2 aromatic carbocycles. The summed E-state index contributed by atoms with van der Waals surface area (Å²) in [5.41, 5.74) is 0.972. The van der Waals surface area contributed by atoms with Crippen LogP contribution < -0.4 is 0 Å². The number of carboxylic acids is 1. The number of carboxylic acid groups (broad SMARTS) is 1. The number of aromatic carboxylic acids is 1. The Hall–Kier alpha value is -1.94. The molecule has 90 valence electrons. The molecule has 2 aromatic rings. The fourth-order valence-corrected chi connectivity index (χ4v) is 2.00. The van der Waals surface area contributed by atoms with Crippen LogP contribution in [0.25, 0.3) is 0 Å². The topological polar surface area (TPSA) is 54.4 Å². The molecular formula is C14H9BrO3. The summed E-state index contributed by atoms with van der Waals surface area (Å²) in [4.78, 5) is 23.1. The SMILES string of the molecule is O=C(O)c1ccc(Br)c(C(=O)c2ccccc2)c1. The van der Waals surface area contributed by atoms with E-state index in [0.29, 0.717) is 15.6 Å². The maximum absolute atomic E-state index is 12.2. The van der Waals surface area contributed by atoms with Crippen LogP contribution in [0.5, 0.6) is 0 Å². The quantitative estimate of drug-likeness (QED) is 0.884. The van der Waals surface area contributed by atoms with Gasteiger partial charge in [-0.25, -0.2) is 4.79 Å². The van der Waals surface area contributed by atoms with Crippen LogP contribution in [-0.2, 0) is 0 Å². The van der Waals surface area contributed by atoms with Gasteiger partial charge in [-0.15, -0.1) is 0 Å². The van der Waals surface area contributed by atoms with Crippen LogP contribution in [0.4, 0.5) is 0 Å². The molecule has 18 heavy (non-hydrogen) atoms. The number of carbonyl (C=O) groups is 2. The lowest BCUT2D eigenvalue weighted by molar-refractivity contribution is 0.0697. The summed E-state index contributed by atoms with van der Waals surface area (Å²) < 4.78 is 0.585. The first-order valence-corrected chi connectivity index (χ1v) is 6.01. The predicted molar refractivity (Wildman–Crippen MR) is 71.0 cm³/mol. The summed E-state index contributed by atoms with van der Waals surface area (Å²) in [6.07, 6.45) is 0. The number of ketones is 1. The molecule has 0 aromatic heterocycles. The third-order valence-corrected chi connectivity index (χ3v) is 3.19. The van der Waals surface area contributed by atoms with E-state index < -0.39 is 5.97 Å². The van der Waals surface area contributed by atoms with Crippen molar-refractivity contribution in [1.82, 2.24) is 0 Å². The summed E-state index contributed by atoms with van der Waals surface area (Å²) in [6, 6.07) is 13.1. The number of benzene rings is 2. The Labute approximate surface area is 112 Å². The molecule has 0 atom stereocenters. The summed E-state index contributed by atoms with van der Waals surface area (Å²) in [6.45, 7) is 0. The maximum atomic E-state index is 12.2. The molecular weight excluding hydrogens is 296 g/mol. The highest BCUT2D eigenvalue weighted by atomic mass is 79.9. The van der Waals surface area contributed by atoms with Crippen LogP contribution in [0.1, 0.15) is 26.3 Å². The molecule has 0 fully saturated rings. The van der Waals surface area contributed by atoms with Crippen LogP contribution in [-0.4, -0.2) is 16.9 Å². The molecule has 2 rings (SSSR count). The van der Waals surface area contributed by atoms with E-state index in [0.717, 1.165) is 0 Å². The van der Waals surface area contributed by atoms with Gasteiger partial charge in [0.25, 0.3) is 0 Å². The van der Waals surface area contributed by atoms with E-state index in [2.05, 4.69) is 15.9 Å². The Morgan fingerprint density at radius 2 is 1.61 bits per heavy atom.